The normalized spacial score (nSPS) is 10.7. The van der Waals surface area contributed by atoms with Crippen LogP contribution in [0.15, 0.2) is 34.4 Å². The molecule has 0 aliphatic carbocycles. The predicted molar refractivity (Wildman–Crippen MR) is 80.7 cm³/mol. The summed E-state index contributed by atoms with van der Waals surface area (Å²) in [6.07, 6.45) is 3.14. The van der Waals surface area contributed by atoms with Gasteiger partial charge in [-0.1, -0.05) is 25.1 Å². The number of hydrogen-bond donors (Lipinski definition) is 1. The second-order valence-corrected chi connectivity index (χ2v) is 5.49. The maximum Gasteiger partial charge on any atom is 0.137 e. The standard InChI is InChI=1S/C15H17F2N3S/c1-3-5-11-14(18-4-2)19-9-20-15(11)21-13-8-10(16)6-7-12(13)17/h6-9H,3-5H2,1-2H3,(H,18,19,20). The van der Waals surface area contributed by atoms with Gasteiger partial charge in [0.15, 0.2) is 0 Å². The molecule has 2 aromatic rings. The molecule has 21 heavy (non-hydrogen) atoms. The Morgan fingerprint density at radius 2 is 2.00 bits per heavy atom. The van der Waals surface area contributed by atoms with Gasteiger partial charge in [-0.3, -0.25) is 0 Å². The van der Waals surface area contributed by atoms with Crippen LogP contribution in [0.2, 0.25) is 0 Å². The molecule has 0 fully saturated rings. The Bertz CT molecular complexity index is 620. The van der Waals surface area contributed by atoms with E-state index < -0.39 is 11.6 Å². The van der Waals surface area contributed by atoms with Crippen molar-refractivity contribution in [2.45, 2.75) is 36.6 Å². The molecule has 1 heterocycles. The van der Waals surface area contributed by atoms with Crippen LogP contribution < -0.4 is 5.32 Å². The van der Waals surface area contributed by atoms with E-state index in [0.29, 0.717) is 5.03 Å². The number of benzene rings is 1. The smallest absolute Gasteiger partial charge is 0.137 e. The lowest BCUT2D eigenvalue weighted by molar-refractivity contribution is 0.577. The molecule has 0 aliphatic heterocycles. The molecular formula is C15H17F2N3S. The SMILES string of the molecule is CCCc1c(NCC)ncnc1Sc1cc(F)ccc1F. The zero-order valence-electron chi connectivity index (χ0n) is 12.0. The second kappa shape index (κ2) is 7.36. The van der Waals surface area contributed by atoms with Crippen LogP contribution in [0, 0.1) is 11.6 Å². The van der Waals surface area contributed by atoms with Crippen LogP contribution in [-0.2, 0) is 6.42 Å². The lowest BCUT2D eigenvalue weighted by atomic mass is 10.2. The first-order valence-corrected chi connectivity index (χ1v) is 7.68. The summed E-state index contributed by atoms with van der Waals surface area (Å²) in [6, 6.07) is 3.42. The Balaban J connectivity index is 2.38. The summed E-state index contributed by atoms with van der Waals surface area (Å²) in [5.41, 5.74) is 0.940. The monoisotopic (exact) mass is 309 g/mol. The quantitative estimate of drug-likeness (QED) is 0.808. The number of rotatable bonds is 6. The van der Waals surface area contributed by atoms with Crippen molar-refractivity contribution in [2.75, 3.05) is 11.9 Å². The molecule has 1 aromatic heterocycles. The van der Waals surface area contributed by atoms with Gasteiger partial charge in [-0.2, -0.15) is 0 Å². The third-order valence-electron chi connectivity index (χ3n) is 2.85. The van der Waals surface area contributed by atoms with Gasteiger partial charge in [-0.05, 0) is 31.5 Å². The van der Waals surface area contributed by atoms with Gasteiger partial charge in [0, 0.05) is 12.1 Å². The number of aromatic nitrogens is 2. The van der Waals surface area contributed by atoms with Gasteiger partial charge in [0.25, 0.3) is 0 Å². The molecule has 0 bridgehead atoms. The third-order valence-corrected chi connectivity index (χ3v) is 3.93. The van der Waals surface area contributed by atoms with Crippen LogP contribution in [0.25, 0.3) is 0 Å². The number of halogens is 2. The zero-order chi connectivity index (χ0) is 15.2. The Morgan fingerprint density at radius 1 is 1.19 bits per heavy atom. The van der Waals surface area contributed by atoms with Crippen molar-refractivity contribution < 1.29 is 8.78 Å². The molecule has 0 saturated heterocycles. The number of hydrogen-bond acceptors (Lipinski definition) is 4. The highest BCUT2D eigenvalue weighted by molar-refractivity contribution is 7.99. The lowest BCUT2D eigenvalue weighted by Gasteiger charge is -2.13. The van der Waals surface area contributed by atoms with Gasteiger partial charge >= 0.3 is 0 Å². The number of nitrogens with zero attached hydrogens (tertiary/aromatic N) is 2. The van der Waals surface area contributed by atoms with Crippen LogP contribution in [0.5, 0.6) is 0 Å². The molecule has 0 spiro atoms. The molecule has 0 atom stereocenters. The summed E-state index contributed by atoms with van der Waals surface area (Å²) in [5.74, 6) is -0.155. The van der Waals surface area contributed by atoms with E-state index in [1.807, 2.05) is 6.92 Å². The Labute approximate surface area is 127 Å². The minimum atomic E-state index is -0.461. The summed E-state index contributed by atoms with van der Waals surface area (Å²) >= 11 is 1.13. The van der Waals surface area contributed by atoms with Crippen LogP contribution in [0.4, 0.5) is 14.6 Å². The molecule has 0 amide bonds. The molecule has 3 nitrogen and oxygen atoms in total. The fourth-order valence-corrected chi connectivity index (χ4v) is 2.91. The molecule has 0 saturated carbocycles. The van der Waals surface area contributed by atoms with E-state index in [9.17, 15) is 8.78 Å². The summed E-state index contributed by atoms with van der Waals surface area (Å²) in [4.78, 5) is 8.69. The summed E-state index contributed by atoms with van der Waals surface area (Å²) in [5, 5.41) is 3.84. The topological polar surface area (TPSA) is 37.8 Å². The summed E-state index contributed by atoms with van der Waals surface area (Å²) in [7, 11) is 0. The molecule has 1 aromatic carbocycles. The lowest BCUT2D eigenvalue weighted by Crippen LogP contribution is -2.06. The second-order valence-electron chi connectivity index (χ2n) is 4.46. The third kappa shape index (κ3) is 3.91. The van der Waals surface area contributed by atoms with Crippen LogP contribution in [0.1, 0.15) is 25.8 Å². The van der Waals surface area contributed by atoms with Gasteiger partial charge in [-0.15, -0.1) is 0 Å². The fourth-order valence-electron chi connectivity index (χ4n) is 1.94. The Morgan fingerprint density at radius 3 is 2.71 bits per heavy atom. The predicted octanol–water partition coefficient (Wildman–Crippen LogP) is 4.29. The van der Waals surface area contributed by atoms with Gasteiger partial charge in [0.1, 0.15) is 28.8 Å². The molecule has 6 heteroatoms. The number of nitrogens with one attached hydrogen (secondary N) is 1. The van der Waals surface area contributed by atoms with E-state index in [1.165, 1.54) is 12.4 Å². The average Bonchev–Trinajstić information content (AvgIpc) is 2.46. The van der Waals surface area contributed by atoms with Crippen LogP contribution in [-0.4, -0.2) is 16.5 Å². The fraction of sp³-hybridized carbons (Fsp3) is 0.333. The first-order valence-electron chi connectivity index (χ1n) is 6.86. The molecule has 2 rings (SSSR count). The van der Waals surface area contributed by atoms with Crippen molar-refractivity contribution in [2.24, 2.45) is 0 Å². The minimum Gasteiger partial charge on any atom is -0.370 e. The van der Waals surface area contributed by atoms with Gasteiger partial charge < -0.3 is 5.32 Å². The minimum absolute atomic E-state index is 0.230. The van der Waals surface area contributed by atoms with E-state index >= 15 is 0 Å². The largest absolute Gasteiger partial charge is 0.370 e. The van der Waals surface area contributed by atoms with Gasteiger partial charge in [0.2, 0.25) is 0 Å². The molecule has 0 aliphatic rings. The van der Waals surface area contributed by atoms with E-state index in [2.05, 4.69) is 22.2 Å². The van der Waals surface area contributed by atoms with E-state index in [0.717, 1.165) is 54.7 Å². The van der Waals surface area contributed by atoms with Crippen molar-refractivity contribution in [3.8, 4) is 0 Å². The first kappa shape index (κ1) is 15.7. The van der Waals surface area contributed by atoms with E-state index in [4.69, 9.17) is 0 Å². The van der Waals surface area contributed by atoms with E-state index in [-0.39, 0.29) is 4.90 Å². The molecule has 0 unspecified atom stereocenters. The highest BCUT2D eigenvalue weighted by Crippen LogP contribution is 2.33. The molecule has 112 valence electrons. The maximum atomic E-state index is 13.8. The highest BCUT2D eigenvalue weighted by Gasteiger charge is 2.14. The Hall–Kier alpha value is -1.69. The van der Waals surface area contributed by atoms with Crippen molar-refractivity contribution in [1.82, 2.24) is 9.97 Å². The molecule has 1 N–H and O–H groups in total. The molecular weight excluding hydrogens is 292 g/mol. The Kier molecular flexibility index (Phi) is 5.50. The average molecular weight is 309 g/mol. The van der Waals surface area contributed by atoms with E-state index in [1.54, 1.807) is 0 Å². The van der Waals surface area contributed by atoms with Crippen LogP contribution >= 0.6 is 11.8 Å². The van der Waals surface area contributed by atoms with Crippen molar-refractivity contribution >= 4 is 17.6 Å². The van der Waals surface area contributed by atoms with Crippen LogP contribution in [0.3, 0.4) is 0 Å². The zero-order valence-corrected chi connectivity index (χ0v) is 12.8. The van der Waals surface area contributed by atoms with Crippen molar-refractivity contribution in [3.05, 3.63) is 41.7 Å². The summed E-state index contributed by atoms with van der Waals surface area (Å²) < 4.78 is 27.0. The van der Waals surface area contributed by atoms with Crippen molar-refractivity contribution in [3.63, 3.8) is 0 Å². The maximum absolute atomic E-state index is 13.8. The van der Waals surface area contributed by atoms with Gasteiger partial charge in [-0.25, -0.2) is 18.7 Å². The first-order chi connectivity index (χ1) is 10.2. The number of anilines is 1. The summed E-state index contributed by atoms with van der Waals surface area (Å²) in [6.45, 7) is 4.78. The highest BCUT2D eigenvalue weighted by atomic mass is 32.2. The van der Waals surface area contributed by atoms with Gasteiger partial charge in [0.05, 0.1) is 4.90 Å². The molecule has 0 radical (unpaired) electrons. The van der Waals surface area contributed by atoms with Crippen molar-refractivity contribution in [1.29, 1.82) is 0 Å².